The molecular formula is C17H26N2. The van der Waals surface area contributed by atoms with Crippen LogP contribution in [-0.4, -0.2) is 24.0 Å². The minimum Gasteiger partial charge on any atom is -0.328 e. The van der Waals surface area contributed by atoms with E-state index in [0.29, 0.717) is 12.1 Å². The minimum atomic E-state index is 0.447. The van der Waals surface area contributed by atoms with E-state index in [1.807, 2.05) is 0 Å². The van der Waals surface area contributed by atoms with Crippen LogP contribution in [0.25, 0.3) is 0 Å². The standard InChI is InChI=1S/C17H26N2/c1-19(15-11-9-14(18)10-12-15)17-8-4-6-13-5-2-3-7-16(13)17/h2-3,5,7,14-15,17H,4,6,8-12,18H2,1H3. The molecule has 1 aromatic carbocycles. The molecule has 0 saturated heterocycles. The van der Waals surface area contributed by atoms with Crippen LogP contribution in [0.4, 0.5) is 0 Å². The van der Waals surface area contributed by atoms with Gasteiger partial charge in [0.2, 0.25) is 0 Å². The van der Waals surface area contributed by atoms with Crippen LogP contribution >= 0.6 is 0 Å². The Hall–Kier alpha value is -0.860. The van der Waals surface area contributed by atoms with Crippen molar-refractivity contribution >= 4 is 0 Å². The maximum atomic E-state index is 6.03. The third-order valence-corrected chi connectivity index (χ3v) is 5.15. The lowest BCUT2D eigenvalue weighted by Gasteiger charge is -2.41. The molecule has 3 rings (SSSR count). The lowest BCUT2D eigenvalue weighted by atomic mass is 9.84. The van der Waals surface area contributed by atoms with Crippen molar-refractivity contribution in [2.75, 3.05) is 7.05 Å². The van der Waals surface area contributed by atoms with Gasteiger partial charge in [-0.05, 0) is 63.1 Å². The Morgan fingerprint density at radius 1 is 1.05 bits per heavy atom. The Morgan fingerprint density at radius 2 is 1.79 bits per heavy atom. The summed E-state index contributed by atoms with van der Waals surface area (Å²) in [6.07, 6.45) is 8.85. The lowest BCUT2D eigenvalue weighted by molar-refractivity contribution is 0.120. The first-order chi connectivity index (χ1) is 9.25. The second-order valence-electron chi connectivity index (χ2n) is 6.34. The summed E-state index contributed by atoms with van der Waals surface area (Å²) in [6, 6.07) is 10.8. The third-order valence-electron chi connectivity index (χ3n) is 5.15. The first-order valence-electron chi connectivity index (χ1n) is 7.81. The Labute approximate surface area is 117 Å². The molecule has 0 heterocycles. The zero-order chi connectivity index (χ0) is 13.2. The van der Waals surface area contributed by atoms with Gasteiger partial charge in [-0.1, -0.05) is 24.3 Å². The summed E-state index contributed by atoms with van der Waals surface area (Å²) >= 11 is 0. The fourth-order valence-electron chi connectivity index (χ4n) is 3.91. The van der Waals surface area contributed by atoms with Crippen molar-refractivity contribution in [3.63, 3.8) is 0 Å². The Morgan fingerprint density at radius 3 is 2.58 bits per heavy atom. The van der Waals surface area contributed by atoms with Crippen molar-refractivity contribution in [2.45, 2.75) is 63.1 Å². The summed E-state index contributed by atoms with van der Waals surface area (Å²) in [6.45, 7) is 0. The molecule has 2 aliphatic rings. The predicted molar refractivity (Wildman–Crippen MR) is 80.1 cm³/mol. The first-order valence-corrected chi connectivity index (χ1v) is 7.81. The predicted octanol–water partition coefficient (Wildman–Crippen LogP) is 3.27. The van der Waals surface area contributed by atoms with Gasteiger partial charge in [-0.2, -0.15) is 0 Å². The summed E-state index contributed by atoms with van der Waals surface area (Å²) < 4.78 is 0. The van der Waals surface area contributed by atoms with Crippen molar-refractivity contribution in [2.24, 2.45) is 5.73 Å². The number of rotatable bonds is 2. The second kappa shape index (κ2) is 5.64. The van der Waals surface area contributed by atoms with Crippen molar-refractivity contribution < 1.29 is 0 Å². The summed E-state index contributed by atoms with van der Waals surface area (Å²) in [5, 5.41) is 0. The molecule has 2 N–H and O–H groups in total. The molecular weight excluding hydrogens is 232 g/mol. The molecule has 0 aliphatic heterocycles. The highest BCUT2D eigenvalue weighted by Gasteiger charge is 2.29. The van der Waals surface area contributed by atoms with Gasteiger partial charge >= 0.3 is 0 Å². The smallest absolute Gasteiger partial charge is 0.0350 e. The van der Waals surface area contributed by atoms with Crippen LogP contribution in [0.3, 0.4) is 0 Å². The molecule has 1 fully saturated rings. The summed E-state index contributed by atoms with van der Waals surface area (Å²) in [5.41, 5.74) is 9.18. The molecule has 1 saturated carbocycles. The van der Waals surface area contributed by atoms with Crippen LogP contribution in [0, 0.1) is 0 Å². The topological polar surface area (TPSA) is 29.3 Å². The van der Waals surface area contributed by atoms with E-state index in [0.717, 1.165) is 6.04 Å². The number of fused-ring (bicyclic) bond motifs is 1. The molecule has 104 valence electrons. The molecule has 0 radical (unpaired) electrons. The maximum Gasteiger partial charge on any atom is 0.0350 e. The maximum absolute atomic E-state index is 6.03. The number of hydrogen-bond acceptors (Lipinski definition) is 2. The third kappa shape index (κ3) is 2.70. The van der Waals surface area contributed by atoms with E-state index in [2.05, 4.69) is 36.2 Å². The van der Waals surface area contributed by atoms with Gasteiger partial charge < -0.3 is 5.73 Å². The van der Waals surface area contributed by atoms with Gasteiger partial charge in [0.05, 0.1) is 0 Å². The van der Waals surface area contributed by atoms with E-state index in [1.54, 1.807) is 11.1 Å². The molecule has 2 nitrogen and oxygen atoms in total. The van der Waals surface area contributed by atoms with Gasteiger partial charge in [0.15, 0.2) is 0 Å². The molecule has 2 aliphatic carbocycles. The monoisotopic (exact) mass is 258 g/mol. The summed E-state index contributed by atoms with van der Waals surface area (Å²) in [4.78, 5) is 2.64. The Balaban J connectivity index is 1.75. The van der Waals surface area contributed by atoms with Gasteiger partial charge in [-0.3, -0.25) is 4.90 Å². The fourth-order valence-corrected chi connectivity index (χ4v) is 3.91. The number of hydrogen-bond donors (Lipinski definition) is 1. The number of nitrogens with two attached hydrogens (primary N) is 1. The summed E-state index contributed by atoms with van der Waals surface area (Å²) in [7, 11) is 2.33. The minimum absolute atomic E-state index is 0.447. The van der Waals surface area contributed by atoms with E-state index in [4.69, 9.17) is 5.73 Å². The Bertz CT molecular complexity index is 421. The highest BCUT2D eigenvalue weighted by atomic mass is 15.2. The highest BCUT2D eigenvalue weighted by molar-refractivity contribution is 5.32. The molecule has 0 amide bonds. The zero-order valence-electron chi connectivity index (χ0n) is 12.0. The van der Waals surface area contributed by atoms with Crippen molar-refractivity contribution in [1.82, 2.24) is 4.90 Å². The van der Waals surface area contributed by atoms with Gasteiger partial charge in [-0.25, -0.2) is 0 Å². The zero-order valence-corrected chi connectivity index (χ0v) is 12.0. The SMILES string of the molecule is CN(C1CCC(N)CC1)C1CCCc2ccccc21. The molecule has 0 spiro atoms. The van der Waals surface area contributed by atoms with Gasteiger partial charge in [0.1, 0.15) is 0 Å². The molecule has 1 atom stereocenters. The molecule has 1 aromatic rings. The molecule has 2 heteroatoms. The van der Waals surface area contributed by atoms with E-state index < -0.39 is 0 Å². The van der Waals surface area contributed by atoms with E-state index in [1.165, 1.54) is 44.9 Å². The molecule has 1 unspecified atom stereocenters. The average molecular weight is 258 g/mol. The van der Waals surface area contributed by atoms with E-state index in [9.17, 15) is 0 Å². The normalized spacial score (nSPS) is 31.2. The Kier molecular flexibility index (Phi) is 3.90. The van der Waals surface area contributed by atoms with Crippen LogP contribution in [-0.2, 0) is 6.42 Å². The molecule has 0 bridgehead atoms. The first kappa shape index (κ1) is 13.1. The van der Waals surface area contributed by atoms with E-state index >= 15 is 0 Å². The lowest BCUT2D eigenvalue weighted by Crippen LogP contribution is -2.41. The van der Waals surface area contributed by atoms with Crippen LogP contribution < -0.4 is 5.73 Å². The molecule has 0 aromatic heterocycles. The van der Waals surface area contributed by atoms with E-state index in [-0.39, 0.29) is 0 Å². The van der Waals surface area contributed by atoms with Crippen molar-refractivity contribution in [3.8, 4) is 0 Å². The van der Waals surface area contributed by atoms with Gasteiger partial charge in [-0.15, -0.1) is 0 Å². The number of nitrogens with zero attached hydrogens (tertiary/aromatic N) is 1. The van der Waals surface area contributed by atoms with Gasteiger partial charge in [0.25, 0.3) is 0 Å². The highest BCUT2D eigenvalue weighted by Crippen LogP contribution is 2.36. The van der Waals surface area contributed by atoms with Crippen LogP contribution in [0.1, 0.15) is 55.7 Å². The van der Waals surface area contributed by atoms with Crippen LogP contribution in [0.15, 0.2) is 24.3 Å². The summed E-state index contributed by atoms with van der Waals surface area (Å²) in [5.74, 6) is 0. The average Bonchev–Trinajstić information content (AvgIpc) is 2.47. The van der Waals surface area contributed by atoms with Crippen molar-refractivity contribution in [3.05, 3.63) is 35.4 Å². The number of benzene rings is 1. The largest absolute Gasteiger partial charge is 0.328 e. The quantitative estimate of drug-likeness (QED) is 0.882. The van der Waals surface area contributed by atoms with Crippen molar-refractivity contribution in [1.29, 1.82) is 0 Å². The van der Waals surface area contributed by atoms with Crippen LogP contribution in [0.5, 0.6) is 0 Å². The fraction of sp³-hybridized carbons (Fsp3) is 0.647. The second-order valence-corrected chi connectivity index (χ2v) is 6.34. The molecule has 19 heavy (non-hydrogen) atoms. The van der Waals surface area contributed by atoms with Gasteiger partial charge in [0, 0.05) is 18.1 Å². The number of aryl methyl sites for hydroxylation is 1. The van der Waals surface area contributed by atoms with Crippen LogP contribution in [0.2, 0.25) is 0 Å².